The van der Waals surface area contributed by atoms with Crippen LogP contribution in [0.3, 0.4) is 0 Å². The van der Waals surface area contributed by atoms with E-state index in [9.17, 15) is 19.7 Å². The molecule has 0 aliphatic heterocycles. The summed E-state index contributed by atoms with van der Waals surface area (Å²) in [6.07, 6.45) is -0.638. The van der Waals surface area contributed by atoms with E-state index in [1.54, 1.807) is 6.92 Å². The SMILES string of the molecule is CCOC(=O)C[C@@H](CC(=O)O)C[N+](=O)[O-]. The molecule has 7 heteroatoms. The summed E-state index contributed by atoms with van der Waals surface area (Å²) in [7, 11) is 0. The van der Waals surface area contributed by atoms with Crippen molar-refractivity contribution in [3.8, 4) is 0 Å². The van der Waals surface area contributed by atoms with Gasteiger partial charge >= 0.3 is 11.9 Å². The van der Waals surface area contributed by atoms with E-state index in [0.29, 0.717) is 0 Å². The van der Waals surface area contributed by atoms with Crippen molar-refractivity contribution in [3.05, 3.63) is 10.1 Å². The van der Waals surface area contributed by atoms with Crippen molar-refractivity contribution in [3.63, 3.8) is 0 Å². The van der Waals surface area contributed by atoms with Gasteiger partial charge in [-0.3, -0.25) is 19.7 Å². The summed E-state index contributed by atoms with van der Waals surface area (Å²) >= 11 is 0. The average Bonchev–Trinajstić information content (AvgIpc) is 2.00. The van der Waals surface area contributed by atoms with Crippen molar-refractivity contribution in [2.45, 2.75) is 19.8 Å². The Morgan fingerprint density at radius 1 is 1.47 bits per heavy atom. The van der Waals surface area contributed by atoms with E-state index in [2.05, 4.69) is 4.74 Å². The lowest BCUT2D eigenvalue weighted by Gasteiger charge is -2.08. The fourth-order valence-corrected chi connectivity index (χ4v) is 1.11. The predicted octanol–water partition coefficient (Wildman–Crippen LogP) is 0.307. The summed E-state index contributed by atoms with van der Waals surface area (Å²) in [6, 6.07) is 0. The first-order chi connectivity index (χ1) is 6.95. The van der Waals surface area contributed by atoms with Crippen LogP contribution >= 0.6 is 0 Å². The first-order valence-corrected chi connectivity index (χ1v) is 4.44. The Morgan fingerprint density at radius 3 is 2.47 bits per heavy atom. The number of hydrogen-bond acceptors (Lipinski definition) is 5. The number of aliphatic carboxylic acids is 1. The van der Waals surface area contributed by atoms with Crippen LogP contribution in [0.5, 0.6) is 0 Å². The molecule has 15 heavy (non-hydrogen) atoms. The van der Waals surface area contributed by atoms with E-state index in [0.717, 1.165) is 0 Å². The van der Waals surface area contributed by atoms with Crippen LogP contribution in [0.1, 0.15) is 19.8 Å². The predicted molar refractivity (Wildman–Crippen MR) is 48.9 cm³/mol. The van der Waals surface area contributed by atoms with Gasteiger partial charge in [0.15, 0.2) is 0 Å². The molecule has 86 valence electrons. The highest BCUT2D eigenvalue weighted by atomic mass is 16.6. The van der Waals surface area contributed by atoms with Gasteiger partial charge in [-0.15, -0.1) is 0 Å². The van der Waals surface area contributed by atoms with Gasteiger partial charge in [-0.25, -0.2) is 0 Å². The van der Waals surface area contributed by atoms with E-state index in [1.807, 2.05) is 0 Å². The highest BCUT2D eigenvalue weighted by Gasteiger charge is 2.22. The van der Waals surface area contributed by atoms with E-state index in [1.165, 1.54) is 0 Å². The van der Waals surface area contributed by atoms with Gasteiger partial charge in [-0.2, -0.15) is 0 Å². The third-order valence-electron chi connectivity index (χ3n) is 1.63. The molecular formula is C8H13NO6. The number of carbonyl (C=O) groups is 2. The molecule has 0 radical (unpaired) electrons. The van der Waals surface area contributed by atoms with Crippen LogP contribution in [0.25, 0.3) is 0 Å². The van der Waals surface area contributed by atoms with Crippen LogP contribution in [0, 0.1) is 16.0 Å². The summed E-state index contributed by atoms with van der Waals surface area (Å²) in [6.45, 7) is 1.25. The second-order valence-electron chi connectivity index (χ2n) is 2.99. The number of ether oxygens (including phenoxy) is 1. The number of hydrogen-bond donors (Lipinski definition) is 1. The first-order valence-electron chi connectivity index (χ1n) is 4.44. The zero-order chi connectivity index (χ0) is 11.8. The number of rotatable bonds is 7. The van der Waals surface area contributed by atoms with Gasteiger partial charge in [-0.05, 0) is 6.92 Å². The normalized spacial score (nSPS) is 11.8. The Balaban J connectivity index is 4.16. The van der Waals surface area contributed by atoms with Crippen LogP contribution < -0.4 is 0 Å². The third kappa shape index (κ3) is 7.41. The minimum absolute atomic E-state index is 0.178. The Labute approximate surface area is 86.2 Å². The van der Waals surface area contributed by atoms with Crippen molar-refractivity contribution < 1.29 is 24.4 Å². The molecule has 1 atom stereocenters. The van der Waals surface area contributed by atoms with E-state index < -0.39 is 35.7 Å². The summed E-state index contributed by atoms with van der Waals surface area (Å²) in [5.74, 6) is -2.58. The molecule has 0 amide bonds. The molecule has 1 N–H and O–H groups in total. The van der Waals surface area contributed by atoms with Crippen LogP contribution in [0.2, 0.25) is 0 Å². The van der Waals surface area contributed by atoms with Crippen LogP contribution in [0.4, 0.5) is 0 Å². The molecule has 7 nitrogen and oxygen atoms in total. The highest BCUT2D eigenvalue weighted by molar-refractivity contribution is 5.72. The maximum absolute atomic E-state index is 11.0. The smallest absolute Gasteiger partial charge is 0.306 e. The molecule has 0 rings (SSSR count). The van der Waals surface area contributed by atoms with E-state index >= 15 is 0 Å². The van der Waals surface area contributed by atoms with Crippen LogP contribution in [0.15, 0.2) is 0 Å². The molecule has 0 aliphatic rings. The minimum atomic E-state index is -1.16. The molecule has 0 aromatic rings. The van der Waals surface area contributed by atoms with Gasteiger partial charge in [-0.1, -0.05) is 0 Å². The van der Waals surface area contributed by atoms with Crippen molar-refractivity contribution >= 4 is 11.9 Å². The average molecular weight is 219 g/mol. The van der Waals surface area contributed by atoms with E-state index in [4.69, 9.17) is 5.11 Å². The zero-order valence-corrected chi connectivity index (χ0v) is 8.34. The monoisotopic (exact) mass is 219 g/mol. The van der Waals surface area contributed by atoms with Crippen molar-refractivity contribution in [2.75, 3.05) is 13.2 Å². The molecule has 0 spiro atoms. The van der Waals surface area contributed by atoms with Crippen molar-refractivity contribution in [1.29, 1.82) is 0 Å². The number of nitro groups is 1. The topological polar surface area (TPSA) is 107 Å². The lowest BCUT2D eigenvalue weighted by Crippen LogP contribution is -2.22. The van der Waals surface area contributed by atoms with Crippen LogP contribution in [-0.4, -0.2) is 35.1 Å². The molecule has 0 aromatic carbocycles. The van der Waals surface area contributed by atoms with Crippen molar-refractivity contribution in [1.82, 2.24) is 0 Å². The second kappa shape index (κ2) is 6.74. The van der Waals surface area contributed by atoms with Gasteiger partial charge in [0, 0.05) is 10.8 Å². The minimum Gasteiger partial charge on any atom is -0.481 e. The van der Waals surface area contributed by atoms with Gasteiger partial charge in [0.25, 0.3) is 0 Å². The quantitative estimate of drug-likeness (QED) is 0.375. The number of nitrogens with zero attached hydrogens (tertiary/aromatic N) is 1. The fraction of sp³-hybridized carbons (Fsp3) is 0.750. The Hall–Kier alpha value is -1.66. The third-order valence-corrected chi connectivity index (χ3v) is 1.63. The molecule has 0 aromatic heterocycles. The molecule has 0 heterocycles. The molecule has 0 fully saturated rings. The lowest BCUT2D eigenvalue weighted by atomic mass is 10.0. The molecule has 0 saturated heterocycles. The maximum atomic E-state index is 11.0. The Morgan fingerprint density at radius 2 is 2.07 bits per heavy atom. The molecule has 0 bridgehead atoms. The number of esters is 1. The largest absolute Gasteiger partial charge is 0.481 e. The fourth-order valence-electron chi connectivity index (χ4n) is 1.11. The maximum Gasteiger partial charge on any atom is 0.306 e. The second-order valence-corrected chi connectivity index (χ2v) is 2.99. The van der Waals surface area contributed by atoms with Gasteiger partial charge in [0.2, 0.25) is 6.54 Å². The molecule has 0 unspecified atom stereocenters. The summed E-state index contributed by atoms with van der Waals surface area (Å²) in [4.78, 5) is 30.9. The standard InChI is InChI=1S/C8H13NO6/c1-2-15-8(12)4-6(3-7(10)11)5-9(13)14/h6H,2-5H2,1H3,(H,10,11)/t6-/m1/s1. The lowest BCUT2D eigenvalue weighted by molar-refractivity contribution is -0.488. The number of carboxylic acids is 1. The van der Waals surface area contributed by atoms with Crippen LogP contribution in [-0.2, 0) is 14.3 Å². The Bertz CT molecular complexity index is 236. The van der Waals surface area contributed by atoms with E-state index in [-0.39, 0.29) is 13.0 Å². The molecular weight excluding hydrogens is 206 g/mol. The first kappa shape index (κ1) is 13.3. The molecule has 0 saturated carbocycles. The summed E-state index contributed by atoms with van der Waals surface area (Å²) in [5.41, 5.74) is 0. The molecule has 0 aliphatic carbocycles. The van der Waals surface area contributed by atoms with Gasteiger partial charge in [0.05, 0.1) is 19.4 Å². The highest BCUT2D eigenvalue weighted by Crippen LogP contribution is 2.10. The van der Waals surface area contributed by atoms with Gasteiger partial charge in [0.1, 0.15) is 0 Å². The van der Waals surface area contributed by atoms with Gasteiger partial charge < -0.3 is 9.84 Å². The Kier molecular flexibility index (Phi) is 6.00. The zero-order valence-electron chi connectivity index (χ0n) is 8.34. The number of carboxylic acid groups (broad SMARTS) is 1. The summed E-state index contributed by atoms with van der Waals surface area (Å²) < 4.78 is 4.58. The van der Waals surface area contributed by atoms with Crippen molar-refractivity contribution in [2.24, 2.45) is 5.92 Å². The summed E-state index contributed by atoms with van der Waals surface area (Å²) in [5, 5.41) is 18.7. The number of carbonyl (C=O) groups excluding carboxylic acids is 1.